The van der Waals surface area contributed by atoms with Crippen molar-refractivity contribution in [3.63, 3.8) is 0 Å². The zero-order chi connectivity index (χ0) is 17.7. The Hall–Kier alpha value is -2.60. The molecule has 0 aromatic heterocycles. The Morgan fingerprint density at radius 3 is 2.64 bits per heavy atom. The van der Waals surface area contributed by atoms with Crippen LogP contribution in [0.15, 0.2) is 54.6 Å². The molecular weight excluding hydrogens is 325 g/mol. The van der Waals surface area contributed by atoms with Gasteiger partial charge in [0, 0.05) is 12.6 Å². The predicted molar refractivity (Wildman–Crippen MR) is 90.0 cm³/mol. The minimum Gasteiger partial charge on any atom is -0.491 e. The van der Waals surface area contributed by atoms with E-state index in [-0.39, 0.29) is 25.7 Å². The molecule has 1 amide bonds. The van der Waals surface area contributed by atoms with E-state index in [1.165, 1.54) is 23.1 Å². The van der Waals surface area contributed by atoms with Crippen molar-refractivity contribution in [1.82, 2.24) is 4.90 Å². The number of likely N-dealkylation sites (tertiary alicyclic amines) is 1. The van der Waals surface area contributed by atoms with Gasteiger partial charge in [-0.25, -0.2) is 4.39 Å². The lowest BCUT2D eigenvalue weighted by molar-refractivity contribution is -0.133. The molecule has 1 N–H and O–H groups in total. The van der Waals surface area contributed by atoms with Crippen LogP contribution in [0.4, 0.5) is 4.39 Å². The smallest absolute Gasteiger partial charge is 0.260 e. The molecule has 6 heteroatoms. The van der Waals surface area contributed by atoms with Crippen LogP contribution in [0.5, 0.6) is 11.5 Å². The minimum atomic E-state index is -1.08. The third kappa shape index (κ3) is 4.70. The summed E-state index contributed by atoms with van der Waals surface area (Å²) in [5.74, 6) is 0.309. The number of carbonyl (C=O) groups is 1. The second-order valence-corrected chi connectivity index (χ2v) is 6.14. The van der Waals surface area contributed by atoms with Crippen LogP contribution >= 0.6 is 0 Å². The summed E-state index contributed by atoms with van der Waals surface area (Å²) in [6.07, 6.45) is 0.436. The quantitative estimate of drug-likeness (QED) is 0.872. The van der Waals surface area contributed by atoms with Gasteiger partial charge in [-0.15, -0.1) is 0 Å². The molecule has 1 fully saturated rings. The largest absolute Gasteiger partial charge is 0.491 e. The molecule has 0 spiro atoms. The molecule has 0 saturated carbocycles. The number of carbonyl (C=O) groups excluding carboxylic acids is 1. The fourth-order valence-corrected chi connectivity index (χ4v) is 2.71. The van der Waals surface area contributed by atoms with E-state index in [0.717, 1.165) is 0 Å². The lowest BCUT2D eigenvalue weighted by Crippen LogP contribution is -2.41. The second kappa shape index (κ2) is 7.53. The third-order valence-electron chi connectivity index (χ3n) is 4.09. The number of hydrogen-bond acceptors (Lipinski definition) is 4. The molecule has 0 aliphatic carbocycles. The molecule has 25 heavy (non-hydrogen) atoms. The number of β-amino-alcohol motifs (C(OH)–C–C–N with tert-alkyl or cyclic N) is 1. The molecule has 132 valence electrons. The van der Waals surface area contributed by atoms with Crippen LogP contribution in [-0.4, -0.2) is 47.8 Å². The molecule has 1 aliphatic rings. The molecular formula is C19H20FNO4. The van der Waals surface area contributed by atoms with E-state index in [9.17, 15) is 14.3 Å². The summed E-state index contributed by atoms with van der Waals surface area (Å²) in [5.41, 5.74) is -1.08. The SMILES string of the molecule is O=C(COc1cccc(F)c1)N1CC[C@](O)(COc2ccccc2)C1. The van der Waals surface area contributed by atoms with Gasteiger partial charge in [-0.1, -0.05) is 24.3 Å². The van der Waals surface area contributed by atoms with E-state index in [1.807, 2.05) is 30.3 Å². The number of aliphatic hydroxyl groups is 1. The van der Waals surface area contributed by atoms with Crippen LogP contribution in [0.1, 0.15) is 6.42 Å². The van der Waals surface area contributed by atoms with Gasteiger partial charge in [-0.05, 0) is 30.7 Å². The van der Waals surface area contributed by atoms with Gasteiger partial charge in [0.15, 0.2) is 6.61 Å². The van der Waals surface area contributed by atoms with Gasteiger partial charge in [0.25, 0.3) is 5.91 Å². The normalized spacial score (nSPS) is 19.7. The van der Waals surface area contributed by atoms with Crippen molar-refractivity contribution in [3.05, 3.63) is 60.4 Å². The first-order valence-electron chi connectivity index (χ1n) is 8.10. The number of para-hydroxylation sites is 1. The molecule has 1 saturated heterocycles. The van der Waals surface area contributed by atoms with Gasteiger partial charge >= 0.3 is 0 Å². The first-order chi connectivity index (χ1) is 12.0. The van der Waals surface area contributed by atoms with Gasteiger partial charge in [0.1, 0.15) is 29.5 Å². The molecule has 2 aromatic rings. The second-order valence-electron chi connectivity index (χ2n) is 6.14. The van der Waals surface area contributed by atoms with E-state index in [2.05, 4.69) is 0 Å². The third-order valence-corrected chi connectivity index (χ3v) is 4.09. The molecule has 0 unspecified atom stereocenters. The Bertz CT molecular complexity index is 724. The molecule has 1 heterocycles. The van der Waals surface area contributed by atoms with E-state index < -0.39 is 11.4 Å². The molecule has 5 nitrogen and oxygen atoms in total. The van der Waals surface area contributed by atoms with Crippen LogP contribution in [0, 0.1) is 5.82 Å². The van der Waals surface area contributed by atoms with Crippen molar-refractivity contribution >= 4 is 5.91 Å². The molecule has 0 radical (unpaired) electrons. The Kier molecular flexibility index (Phi) is 5.19. The average molecular weight is 345 g/mol. The summed E-state index contributed by atoms with van der Waals surface area (Å²) in [7, 11) is 0. The van der Waals surface area contributed by atoms with Crippen LogP contribution < -0.4 is 9.47 Å². The van der Waals surface area contributed by atoms with Gasteiger partial charge < -0.3 is 19.5 Å². The number of ether oxygens (including phenoxy) is 2. The van der Waals surface area contributed by atoms with E-state index >= 15 is 0 Å². The van der Waals surface area contributed by atoms with Gasteiger partial charge in [0.2, 0.25) is 0 Å². The molecule has 3 rings (SSSR count). The van der Waals surface area contributed by atoms with Crippen molar-refractivity contribution in [2.24, 2.45) is 0 Å². The monoisotopic (exact) mass is 345 g/mol. The van der Waals surface area contributed by atoms with Crippen LogP contribution in [-0.2, 0) is 4.79 Å². The lowest BCUT2D eigenvalue weighted by atomic mass is 10.1. The fraction of sp³-hybridized carbons (Fsp3) is 0.316. The summed E-state index contributed by atoms with van der Waals surface area (Å²) in [5, 5.41) is 10.6. The summed E-state index contributed by atoms with van der Waals surface area (Å²) in [6, 6.07) is 14.9. The van der Waals surface area contributed by atoms with E-state index in [0.29, 0.717) is 24.5 Å². The summed E-state index contributed by atoms with van der Waals surface area (Å²) >= 11 is 0. The molecule has 1 atom stereocenters. The van der Waals surface area contributed by atoms with Crippen LogP contribution in [0.2, 0.25) is 0 Å². The van der Waals surface area contributed by atoms with Crippen LogP contribution in [0.3, 0.4) is 0 Å². The highest BCUT2D eigenvalue weighted by atomic mass is 19.1. The van der Waals surface area contributed by atoms with Gasteiger partial charge in [-0.2, -0.15) is 0 Å². The number of benzene rings is 2. The molecule has 0 bridgehead atoms. The fourth-order valence-electron chi connectivity index (χ4n) is 2.71. The lowest BCUT2D eigenvalue weighted by Gasteiger charge is -2.23. The van der Waals surface area contributed by atoms with Crippen molar-refractivity contribution in [2.75, 3.05) is 26.3 Å². The zero-order valence-corrected chi connectivity index (χ0v) is 13.7. The van der Waals surface area contributed by atoms with Gasteiger partial charge in [0.05, 0.1) is 6.54 Å². The van der Waals surface area contributed by atoms with Gasteiger partial charge in [-0.3, -0.25) is 4.79 Å². The maximum atomic E-state index is 13.1. The van der Waals surface area contributed by atoms with Crippen molar-refractivity contribution in [1.29, 1.82) is 0 Å². The summed E-state index contributed by atoms with van der Waals surface area (Å²) in [4.78, 5) is 13.8. The molecule has 2 aromatic carbocycles. The minimum absolute atomic E-state index is 0.117. The van der Waals surface area contributed by atoms with Crippen molar-refractivity contribution in [3.8, 4) is 11.5 Å². The standard InChI is InChI=1S/C19H20FNO4/c20-15-5-4-8-17(11-15)24-12-18(22)21-10-9-19(23,13-21)14-25-16-6-2-1-3-7-16/h1-8,11,23H,9-10,12-14H2/t19-/m1/s1. The number of hydrogen-bond donors (Lipinski definition) is 1. The molecule has 1 aliphatic heterocycles. The maximum Gasteiger partial charge on any atom is 0.260 e. The summed E-state index contributed by atoms with van der Waals surface area (Å²) in [6.45, 7) is 0.537. The number of halogens is 1. The Balaban J connectivity index is 1.48. The Morgan fingerprint density at radius 1 is 1.12 bits per heavy atom. The number of nitrogens with zero attached hydrogens (tertiary/aromatic N) is 1. The highest BCUT2D eigenvalue weighted by molar-refractivity contribution is 5.78. The Morgan fingerprint density at radius 2 is 1.88 bits per heavy atom. The highest BCUT2D eigenvalue weighted by Crippen LogP contribution is 2.23. The average Bonchev–Trinajstić information content (AvgIpc) is 3.02. The zero-order valence-electron chi connectivity index (χ0n) is 13.7. The maximum absolute atomic E-state index is 13.1. The van der Waals surface area contributed by atoms with E-state index in [1.54, 1.807) is 6.07 Å². The summed E-state index contributed by atoms with van der Waals surface area (Å²) < 4.78 is 24.0. The van der Waals surface area contributed by atoms with E-state index in [4.69, 9.17) is 9.47 Å². The Labute approximate surface area is 145 Å². The van der Waals surface area contributed by atoms with Crippen molar-refractivity contribution in [2.45, 2.75) is 12.0 Å². The topological polar surface area (TPSA) is 59.0 Å². The predicted octanol–water partition coefficient (Wildman–Crippen LogP) is 2.25. The van der Waals surface area contributed by atoms with Crippen LogP contribution in [0.25, 0.3) is 0 Å². The number of rotatable bonds is 6. The highest BCUT2D eigenvalue weighted by Gasteiger charge is 2.39. The first kappa shape index (κ1) is 17.2. The van der Waals surface area contributed by atoms with Crippen molar-refractivity contribution < 1.29 is 23.8 Å². The first-order valence-corrected chi connectivity index (χ1v) is 8.10. The number of amides is 1.